The summed E-state index contributed by atoms with van der Waals surface area (Å²) in [7, 11) is -0.363. The van der Waals surface area contributed by atoms with Crippen molar-refractivity contribution >= 4 is 45.6 Å². The molecule has 0 fully saturated rings. The van der Waals surface area contributed by atoms with Crippen LogP contribution in [0.3, 0.4) is 0 Å². The van der Waals surface area contributed by atoms with Crippen LogP contribution in [0, 0.1) is 0 Å². The van der Waals surface area contributed by atoms with Crippen molar-refractivity contribution in [2.45, 2.75) is 4.21 Å². The van der Waals surface area contributed by atoms with Crippen molar-refractivity contribution in [3.63, 3.8) is 0 Å². The van der Waals surface area contributed by atoms with E-state index in [2.05, 4.69) is 14.4 Å². The van der Waals surface area contributed by atoms with Crippen LogP contribution in [0.15, 0.2) is 53.0 Å². The maximum atomic E-state index is 12.6. The van der Waals surface area contributed by atoms with Gasteiger partial charge in [-0.2, -0.15) is 0 Å². The van der Waals surface area contributed by atoms with Crippen LogP contribution in [0.25, 0.3) is 11.1 Å². The Hall–Kier alpha value is -2.42. The molecule has 6 nitrogen and oxygen atoms in total. The highest BCUT2D eigenvalue weighted by Gasteiger charge is 2.16. The van der Waals surface area contributed by atoms with Gasteiger partial charge in [0.15, 0.2) is 11.0 Å². The SMILES string of the molecule is COC(=O)c1ccc(NS(=O)c2cc(-c3cccnc3)c(Cl)s2)cc1O. The molecule has 0 saturated heterocycles. The zero-order chi connectivity index (χ0) is 18.7. The molecule has 3 rings (SSSR count). The minimum atomic E-state index is -1.59. The number of aromatic hydroxyl groups is 1. The lowest BCUT2D eigenvalue weighted by Gasteiger charge is -2.07. The van der Waals surface area contributed by atoms with Gasteiger partial charge in [-0.15, -0.1) is 11.3 Å². The molecule has 1 unspecified atom stereocenters. The van der Waals surface area contributed by atoms with Crippen LogP contribution >= 0.6 is 22.9 Å². The van der Waals surface area contributed by atoms with Crippen LogP contribution in [0.4, 0.5) is 5.69 Å². The van der Waals surface area contributed by atoms with Crippen molar-refractivity contribution < 1.29 is 18.8 Å². The van der Waals surface area contributed by atoms with Crippen LogP contribution < -0.4 is 4.72 Å². The summed E-state index contributed by atoms with van der Waals surface area (Å²) in [6, 6.07) is 9.62. The number of phenolic OH excluding ortho intramolecular Hbond substituents is 1. The van der Waals surface area contributed by atoms with Crippen molar-refractivity contribution in [3.8, 4) is 16.9 Å². The maximum Gasteiger partial charge on any atom is 0.341 e. The Morgan fingerprint density at radius 3 is 2.81 bits per heavy atom. The Morgan fingerprint density at radius 2 is 2.15 bits per heavy atom. The van der Waals surface area contributed by atoms with Gasteiger partial charge < -0.3 is 14.6 Å². The van der Waals surface area contributed by atoms with Crippen molar-refractivity contribution in [1.82, 2.24) is 4.98 Å². The minimum Gasteiger partial charge on any atom is -0.507 e. The molecule has 9 heteroatoms. The van der Waals surface area contributed by atoms with E-state index in [9.17, 15) is 14.1 Å². The van der Waals surface area contributed by atoms with E-state index in [4.69, 9.17) is 11.6 Å². The van der Waals surface area contributed by atoms with Gasteiger partial charge in [-0.25, -0.2) is 9.00 Å². The summed E-state index contributed by atoms with van der Waals surface area (Å²) in [5.74, 6) is -0.916. The van der Waals surface area contributed by atoms with E-state index >= 15 is 0 Å². The number of phenols is 1. The van der Waals surface area contributed by atoms with Crippen molar-refractivity contribution in [2.75, 3.05) is 11.8 Å². The fourth-order valence-corrected chi connectivity index (χ4v) is 4.73. The summed E-state index contributed by atoms with van der Waals surface area (Å²) < 4.78 is 20.9. The molecule has 1 atom stereocenters. The number of ether oxygens (including phenoxy) is 1. The van der Waals surface area contributed by atoms with E-state index < -0.39 is 17.0 Å². The van der Waals surface area contributed by atoms with Crippen LogP contribution in [-0.4, -0.2) is 27.4 Å². The highest BCUT2D eigenvalue weighted by molar-refractivity contribution is 7.88. The normalized spacial score (nSPS) is 11.8. The number of carbonyl (C=O) groups excluding carboxylic acids is 1. The first kappa shape index (κ1) is 18.4. The Bertz CT molecular complexity index is 976. The molecule has 134 valence electrons. The Morgan fingerprint density at radius 1 is 1.35 bits per heavy atom. The molecule has 2 N–H and O–H groups in total. The summed E-state index contributed by atoms with van der Waals surface area (Å²) in [5, 5.41) is 9.91. The lowest BCUT2D eigenvalue weighted by molar-refractivity contribution is 0.0597. The molecule has 0 aliphatic heterocycles. The van der Waals surface area contributed by atoms with E-state index in [1.807, 2.05) is 6.07 Å². The van der Waals surface area contributed by atoms with Crippen molar-refractivity contribution in [1.29, 1.82) is 0 Å². The fraction of sp³-hybridized carbons (Fsp3) is 0.0588. The summed E-state index contributed by atoms with van der Waals surface area (Å²) in [5.41, 5.74) is 2.00. The third kappa shape index (κ3) is 3.87. The molecule has 2 heterocycles. The number of methoxy groups -OCH3 is 1. The molecule has 0 bridgehead atoms. The number of nitrogens with one attached hydrogen (secondary N) is 1. The second-order valence-corrected chi connectivity index (χ2v) is 8.18. The number of pyridine rings is 1. The van der Waals surface area contributed by atoms with Crippen LogP contribution in [0.1, 0.15) is 10.4 Å². The van der Waals surface area contributed by atoms with Gasteiger partial charge in [0.05, 0.1) is 12.8 Å². The van der Waals surface area contributed by atoms with Crippen LogP contribution in [-0.2, 0) is 15.7 Å². The number of hydrogen-bond acceptors (Lipinski definition) is 6. The van der Waals surface area contributed by atoms with Gasteiger partial charge in [-0.1, -0.05) is 17.7 Å². The van der Waals surface area contributed by atoms with E-state index in [0.717, 1.165) is 11.1 Å². The smallest absolute Gasteiger partial charge is 0.341 e. The maximum absolute atomic E-state index is 12.6. The van der Waals surface area contributed by atoms with E-state index in [1.165, 1.54) is 36.6 Å². The third-order valence-corrected chi connectivity index (χ3v) is 6.19. The van der Waals surface area contributed by atoms with Gasteiger partial charge in [0.1, 0.15) is 19.9 Å². The number of esters is 1. The summed E-state index contributed by atoms with van der Waals surface area (Å²) in [6.45, 7) is 0. The average molecular weight is 409 g/mol. The number of halogens is 1. The van der Waals surface area contributed by atoms with Gasteiger partial charge in [-0.3, -0.25) is 4.98 Å². The average Bonchev–Trinajstić information content (AvgIpc) is 3.04. The molecular formula is C17H13ClN2O4S2. The number of aromatic nitrogens is 1. The predicted octanol–water partition coefficient (Wildman–Crippen LogP) is 4.09. The minimum absolute atomic E-state index is 0.0295. The number of rotatable bonds is 5. The van der Waals surface area contributed by atoms with Crippen molar-refractivity contribution in [3.05, 3.63) is 58.7 Å². The summed E-state index contributed by atoms with van der Waals surface area (Å²) >= 11 is 7.45. The predicted molar refractivity (Wildman–Crippen MR) is 102 cm³/mol. The molecule has 2 aromatic heterocycles. The Balaban J connectivity index is 1.81. The van der Waals surface area contributed by atoms with Gasteiger partial charge in [0.25, 0.3) is 0 Å². The largest absolute Gasteiger partial charge is 0.507 e. The molecule has 0 saturated carbocycles. The van der Waals surface area contributed by atoms with Crippen LogP contribution in [0.5, 0.6) is 5.75 Å². The number of benzene rings is 1. The highest BCUT2D eigenvalue weighted by Crippen LogP contribution is 2.37. The molecule has 3 aromatic rings. The molecule has 0 aliphatic carbocycles. The molecule has 0 spiro atoms. The highest BCUT2D eigenvalue weighted by atomic mass is 35.5. The molecule has 26 heavy (non-hydrogen) atoms. The second kappa shape index (κ2) is 7.86. The molecule has 0 aliphatic rings. The van der Waals surface area contributed by atoms with Gasteiger partial charge in [-0.05, 0) is 24.3 Å². The number of hydrogen-bond donors (Lipinski definition) is 2. The summed E-state index contributed by atoms with van der Waals surface area (Å²) in [6.07, 6.45) is 3.34. The summed E-state index contributed by atoms with van der Waals surface area (Å²) in [4.78, 5) is 15.5. The number of thiophene rings is 1. The number of carbonyl (C=O) groups is 1. The standard InChI is InChI=1S/C17H13ClN2O4S2/c1-24-17(22)12-5-4-11(7-14(12)21)20-26(23)15-8-13(16(18)25-15)10-3-2-6-19-9-10/h2-9,20-21H,1H3. The monoisotopic (exact) mass is 408 g/mol. The van der Waals surface area contributed by atoms with E-state index in [0.29, 0.717) is 14.2 Å². The first-order valence-corrected chi connectivity index (χ1v) is 9.63. The number of nitrogens with zero attached hydrogens (tertiary/aromatic N) is 1. The van der Waals surface area contributed by atoms with Gasteiger partial charge >= 0.3 is 5.97 Å². The zero-order valence-electron chi connectivity index (χ0n) is 13.4. The Kier molecular flexibility index (Phi) is 5.55. The van der Waals surface area contributed by atoms with Crippen LogP contribution in [0.2, 0.25) is 4.34 Å². The fourth-order valence-electron chi connectivity index (χ4n) is 2.19. The molecule has 0 amide bonds. The molecule has 1 aromatic carbocycles. The van der Waals surface area contributed by atoms with Crippen molar-refractivity contribution in [2.24, 2.45) is 0 Å². The Labute approximate surface area is 161 Å². The zero-order valence-corrected chi connectivity index (χ0v) is 15.8. The first-order chi connectivity index (χ1) is 12.5. The number of anilines is 1. The lowest BCUT2D eigenvalue weighted by Crippen LogP contribution is -2.05. The second-order valence-electron chi connectivity index (χ2n) is 5.09. The van der Waals surface area contributed by atoms with Gasteiger partial charge in [0, 0.05) is 29.6 Å². The third-order valence-electron chi connectivity index (χ3n) is 3.43. The van der Waals surface area contributed by atoms with Gasteiger partial charge in [0.2, 0.25) is 0 Å². The lowest BCUT2D eigenvalue weighted by atomic mass is 10.2. The topological polar surface area (TPSA) is 88.5 Å². The first-order valence-electron chi connectivity index (χ1n) is 7.29. The quantitative estimate of drug-likeness (QED) is 0.621. The van der Waals surface area contributed by atoms with E-state index in [1.54, 1.807) is 24.5 Å². The molecular weight excluding hydrogens is 396 g/mol. The van der Waals surface area contributed by atoms with E-state index in [-0.39, 0.29) is 11.3 Å². The molecule has 0 radical (unpaired) electrons.